The van der Waals surface area contributed by atoms with Crippen LogP contribution in [0, 0.1) is 0 Å². The SMILES string of the molecule is C1=CCc2c(oc3ccccc23)C=C1. The molecule has 14 heavy (non-hydrogen) atoms. The first-order chi connectivity index (χ1) is 6.95. The Bertz CT molecular complexity index is 529. The fourth-order valence-corrected chi connectivity index (χ4v) is 1.87. The number of furan rings is 1. The highest BCUT2D eigenvalue weighted by atomic mass is 16.3. The van der Waals surface area contributed by atoms with Crippen molar-refractivity contribution in [1.82, 2.24) is 0 Å². The molecule has 0 fully saturated rings. The molecule has 0 atom stereocenters. The number of hydrogen-bond donors (Lipinski definition) is 0. The molecule has 1 aliphatic rings. The van der Waals surface area contributed by atoms with Crippen LogP contribution >= 0.6 is 0 Å². The smallest absolute Gasteiger partial charge is 0.135 e. The van der Waals surface area contributed by atoms with E-state index in [0.717, 1.165) is 17.8 Å². The highest BCUT2D eigenvalue weighted by Crippen LogP contribution is 2.28. The lowest BCUT2D eigenvalue weighted by molar-refractivity contribution is 0.600. The Labute approximate surface area is 82.3 Å². The van der Waals surface area contributed by atoms with Crippen LogP contribution in [0.15, 0.2) is 46.9 Å². The van der Waals surface area contributed by atoms with Crippen molar-refractivity contribution in [2.24, 2.45) is 0 Å². The Morgan fingerprint density at radius 2 is 2.00 bits per heavy atom. The lowest BCUT2D eigenvalue weighted by Gasteiger charge is -1.91. The summed E-state index contributed by atoms with van der Waals surface area (Å²) in [6.07, 6.45) is 9.22. The molecule has 0 aliphatic heterocycles. The monoisotopic (exact) mass is 182 g/mol. The van der Waals surface area contributed by atoms with E-state index in [-0.39, 0.29) is 0 Å². The number of para-hydroxylation sites is 1. The van der Waals surface area contributed by atoms with E-state index in [9.17, 15) is 0 Å². The molecule has 1 aromatic carbocycles. The van der Waals surface area contributed by atoms with Crippen molar-refractivity contribution in [2.45, 2.75) is 6.42 Å². The summed E-state index contributed by atoms with van der Waals surface area (Å²) in [5, 5.41) is 1.23. The average Bonchev–Trinajstić information content (AvgIpc) is 2.42. The maximum absolute atomic E-state index is 5.74. The summed E-state index contributed by atoms with van der Waals surface area (Å²) < 4.78 is 5.74. The first-order valence-electron chi connectivity index (χ1n) is 4.79. The Kier molecular flexibility index (Phi) is 1.57. The largest absolute Gasteiger partial charge is 0.456 e. The molecule has 0 unspecified atom stereocenters. The predicted octanol–water partition coefficient (Wildman–Crippen LogP) is 3.56. The van der Waals surface area contributed by atoms with Crippen LogP contribution in [0.4, 0.5) is 0 Å². The molecule has 0 spiro atoms. The van der Waals surface area contributed by atoms with Gasteiger partial charge in [0.2, 0.25) is 0 Å². The molecular formula is C13H10O. The summed E-state index contributed by atoms with van der Waals surface area (Å²) in [5.41, 5.74) is 2.28. The fourth-order valence-electron chi connectivity index (χ4n) is 1.87. The van der Waals surface area contributed by atoms with Crippen molar-refractivity contribution < 1.29 is 4.42 Å². The Hall–Kier alpha value is -1.76. The summed E-state index contributed by atoms with van der Waals surface area (Å²) in [7, 11) is 0. The molecule has 1 aromatic heterocycles. The van der Waals surface area contributed by atoms with Crippen LogP contribution in [0.3, 0.4) is 0 Å². The van der Waals surface area contributed by atoms with E-state index in [1.165, 1.54) is 10.9 Å². The standard InChI is InChI=1S/C13H10O/c1-2-6-10-11-7-4-5-9-13(11)14-12(10)8-3-1/h1-5,7-9H,6H2. The van der Waals surface area contributed by atoms with E-state index in [2.05, 4.69) is 24.3 Å². The fraction of sp³-hybridized carbons (Fsp3) is 0.0769. The second-order valence-electron chi connectivity index (χ2n) is 3.43. The number of hydrogen-bond acceptors (Lipinski definition) is 1. The van der Waals surface area contributed by atoms with E-state index in [1.807, 2.05) is 24.3 Å². The van der Waals surface area contributed by atoms with E-state index in [1.54, 1.807) is 0 Å². The third kappa shape index (κ3) is 1.02. The predicted molar refractivity (Wildman–Crippen MR) is 58.1 cm³/mol. The second-order valence-corrected chi connectivity index (χ2v) is 3.43. The van der Waals surface area contributed by atoms with E-state index >= 15 is 0 Å². The third-order valence-electron chi connectivity index (χ3n) is 2.55. The average molecular weight is 182 g/mol. The van der Waals surface area contributed by atoms with Crippen molar-refractivity contribution >= 4 is 17.0 Å². The van der Waals surface area contributed by atoms with E-state index in [0.29, 0.717) is 0 Å². The minimum atomic E-state index is 0.958. The topological polar surface area (TPSA) is 13.1 Å². The van der Waals surface area contributed by atoms with Gasteiger partial charge in [0.1, 0.15) is 11.3 Å². The number of fused-ring (bicyclic) bond motifs is 3. The van der Waals surface area contributed by atoms with Gasteiger partial charge in [0.15, 0.2) is 0 Å². The van der Waals surface area contributed by atoms with Gasteiger partial charge in [-0.25, -0.2) is 0 Å². The van der Waals surface area contributed by atoms with E-state index in [4.69, 9.17) is 4.42 Å². The van der Waals surface area contributed by atoms with Gasteiger partial charge in [-0.15, -0.1) is 0 Å². The Morgan fingerprint density at radius 3 is 3.00 bits per heavy atom. The number of allylic oxidation sites excluding steroid dienone is 3. The van der Waals surface area contributed by atoms with Crippen molar-refractivity contribution in [3.8, 4) is 0 Å². The molecule has 2 aromatic rings. The quantitative estimate of drug-likeness (QED) is 0.607. The van der Waals surface area contributed by atoms with Gasteiger partial charge in [0, 0.05) is 10.9 Å². The zero-order valence-corrected chi connectivity index (χ0v) is 7.73. The minimum absolute atomic E-state index is 0.958. The molecule has 0 N–H and O–H groups in total. The Morgan fingerprint density at radius 1 is 1.07 bits per heavy atom. The first kappa shape index (κ1) is 7.63. The molecular weight excluding hydrogens is 172 g/mol. The summed E-state index contributed by atoms with van der Waals surface area (Å²) in [4.78, 5) is 0. The summed E-state index contributed by atoms with van der Waals surface area (Å²) in [6, 6.07) is 8.19. The third-order valence-corrected chi connectivity index (χ3v) is 2.55. The molecule has 68 valence electrons. The van der Waals surface area contributed by atoms with Gasteiger partial charge in [-0.2, -0.15) is 0 Å². The summed E-state index contributed by atoms with van der Waals surface area (Å²) in [6.45, 7) is 0. The molecule has 1 nitrogen and oxygen atoms in total. The number of benzene rings is 1. The van der Waals surface area contributed by atoms with Gasteiger partial charge < -0.3 is 4.42 Å². The van der Waals surface area contributed by atoms with Crippen molar-refractivity contribution in [3.63, 3.8) is 0 Å². The molecule has 0 radical (unpaired) electrons. The molecule has 1 heteroatoms. The van der Waals surface area contributed by atoms with Gasteiger partial charge in [0.05, 0.1) is 0 Å². The Balaban J connectivity index is 2.37. The van der Waals surface area contributed by atoms with Crippen LogP contribution in [0.2, 0.25) is 0 Å². The zero-order chi connectivity index (χ0) is 9.38. The lowest BCUT2D eigenvalue weighted by Crippen LogP contribution is -1.79. The van der Waals surface area contributed by atoms with Crippen molar-refractivity contribution in [2.75, 3.05) is 0 Å². The molecule has 3 rings (SSSR count). The lowest BCUT2D eigenvalue weighted by atomic mass is 10.1. The first-order valence-corrected chi connectivity index (χ1v) is 4.79. The maximum atomic E-state index is 5.74. The van der Waals surface area contributed by atoms with Crippen LogP contribution in [-0.2, 0) is 6.42 Å². The maximum Gasteiger partial charge on any atom is 0.135 e. The molecule has 0 bridgehead atoms. The molecule has 1 aliphatic carbocycles. The van der Waals surface area contributed by atoms with Crippen LogP contribution in [0.5, 0.6) is 0 Å². The zero-order valence-electron chi connectivity index (χ0n) is 7.73. The van der Waals surface area contributed by atoms with Crippen LogP contribution in [0.25, 0.3) is 17.0 Å². The van der Waals surface area contributed by atoms with Gasteiger partial charge in [-0.05, 0) is 18.6 Å². The minimum Gasteiger partial charge on any atom is -0.456 e. The van der Waals surface area contributed by atoms with Gasteiger partial charge >= 0.3 is 0 Å². The van der Waals surface area contributed by atoms with Gasteiger partial charge in [-0.3, -0.25) is 0 Å². The van der Waals surface area contributed by atoms with Crippen molar-refractivity contribution in [1.29, 1.82) is 0 Å². The van der Waals surface area contributed by atoms with Crippen molar-refractivity contribution in [3.05, 3.63) is 53.8 Å². The molecule has 0 saturated heterocycles. The molecule has 0 amide bonds. The van der Waals surface area contributed by atoms with E-state index < -0.39 is 0 Å². The van der Waals surface area contributed by atoms with Crippen LogP contribution in [-0.4, -0.2) is 0 Å². The summed E-state index contributed by atoms with van der Waals surface area (Å²) in [5.74, 6) is 0.996. The molecule has 0 saturated carbocycles. The number of rotatable bonds is 0. The highest BCUT2D eigenvalue weighted by molar-refractivity contribution is 5.85. The second kappa shape index (κ2) is 2.88. The van der Waals surface area contributed by atoms with Crippen LogP contribution < -0.4 is 0 Å². The van der Waals surface area contributed by atoms with Gasteiger partial charge in [-0.1, -0.05) is 36.4 Å². The van der Waals surface area contributed by atoms with Crippen LogP contribution in [0.1, 0.15) is 11.3 Å². The molecule has 1 heterocycles. The normalized spacial score (nSPS) is 14.3. The van der Waals surface area contributed by atoms with Gasteiger partial charge in [0.25, 0.3) is 0 Å². The summed E-state index contributed by atoms with van der Waals surface area (Å²) >= 11 is 0. The highest BCUT2D eigenvalue weighted by Gasteiger charge is 2.10.